The molecule has 0 atom stereocenters. The van der Waals surface area contributed by atoms with E-state index in [4.69, 9.17) is 21.6 Å². The van der Waals surface area contributed by atoms with Gasteiger partial charge in [0.2, 0.25) is 5.89 Å². The minimum absolute atomic E-state index is 0.148. The summed E-state index contributed by atoms with van der Waals surface area (Å²) in [5, 5.41) is 7.18. The molecule has 0 fully saturated rings. The van der Waals surface area contributed by atoms with Gasteiger partial charge in [-0.3, -0.25) is 9.36 Å². The molecule has 0 amide bonds. The summed E-state index contributed by atoms with van der Waals surface area (Å²) < 4.78 is 7.81. The third-order valence-electron chi connectivity index (χ3n) is 4.67. The maximum Gasteiger partial charge on any atom is 0.284 e. The van der Waals surface area contributed by atoms with E-state index in [2.05, 4.69) is 26.1 Å². The van der Waals surface area contributed by atoms with Crippen LogP contribution in [0.3, 0.4) is 0 Å². The fraction of sp³-hybridized carbons (Fsp3) is 0. The lowest BCUT2D eigenvalue weighted by atomic mass is 10.1. The highest BCUT2D eigenvalue weighted by Gasteiger charge is 2.15. The van der Waals surface area contributed by atoms with Crippen molar-refractivity contribution < 1.29 is 4.42 Å². The van der Waals surface area contributed by atoms with Crippen LogP contribution in [-0.2, 0) is 0 Å². The van der Waals surface area contributed by atoms with Gasteiger partial charge in [-0.2, -0.15) is 0 Å². The molecule has 3 aromatic carbocycles. The zero-order valence-corrected chi connectivity index (χ0v) is 17.8. The molecule has 0 bridgehead atoms. The van der Waals surface area contributed by atoms with Crippen LogP contribution in [0.1, 0.15) is 0 Å². The van der Waals surface area contributed by atoms with Gasteiger partial charge < -0.3 is 4.42 Å². The third-order valence-corrected chi connectivity index (χ3v) is 5.34. The lowest BCUT2D eigenvalue weighted by Gasteiger charge is -2.14. The standard InChI is InChI=1S/C22H13BrN4O2S/c23-15-8-11-18-17(12-15)21(28)27(19(24-18)13-4-2-1-3-5-13)16-9-6-14(7-10-16)20-25-26-22(30)29-20/h1-12H,(H,26,30). The number of hydrogen-bond donors (Lipinski definition) is 1. The van der Waals surface area contributed by atoms with Crippen molar-refractivity contribution in [3.05, 3.63) is 92.5 Å². The van der Waals surface area contributed by atoms with Crippen LogP contribution in [-0.4, -0.2) is 19.7 Å². The van der Waals surface area contributed by atoms with Gasteiger partial charge in [-0.25, -0.2) is 10.1 Å². The van der Waals surface area contributed by atoms with E-state index in [1.54, 1.807) is 10.6 Å². The van der Waals surface area contributed by atoms with Crippen molar-refractivity contribution >= 4 is 39.1 Å². The molecule has 2 aromatic heterocycles. The van der Waals surface area contributed by atoms with Crippen molar-refractivity contribution in [2.75, 3.05) is 0 Å². The predicted octanol–water partition coefficient (Wildman–Crippen LogP) is 5.53. The highest BCUT2D eigenvalue weighted by Crippen LogP contribution is 2.25. The van der Waals surface area contributed by atoms with Gasteiger partial charge in [0.15, 0.2) is 0 Å². The molecule has 0 saturated heterocycles. The molecule has 0 unspecified atom stereocenters. The number of nitrogens with one attached hydrogen (secondary N) is 1. The Hall–Kier alpha value is -3.36. The van der Waals surface area contributed by atoms with Crippen molar-refractivity contribution in [3.8, 4) is 28.5 Å². The summed E-state index contributed by atoms with van der Waals surface area (Å²) in [6.07, 6.45) is 0. The first kappa shape index (κ1) is 18.7. The van der Waals surface area contributed by atoms with Crippen molar-refractivity contribution in [1.82, 2.24) is 19.7 Å². The second kappa shape index (κ2) is 7.47. The normalized spacial score (nSPS) is 11.1. The van der Waals surface area contributed by atoms with Gasteiger partial charge in [-0.15, -0.1) is 5.10 Å². The summed E-state index contributed by atoms with van der Waals surface area (Å²) in [4.78, 5) is 18.5. The SMILES string of the molecule is O=c1c2cc(Br)ccc2nc(-c2ccccc2)n1-c1ccc(-c2n[nH]c(=S)o2)cc1. The first-order valence-corrected chi connectivity index (χ1v) is 10.2. The highest BCUT2D eigenvalue weighted by molar-refractivity contribution is 9.10. The van der Waals surface area contributed by atoms with Crippen LogP contribution in [0.15, 0.2) is 86.5 Å². The minimum atomic E-state index is -0.148. The molecule has 0 saturated carbocycles. The Morgan fingerprint density at radius 1 is 0.967 bits per heavy atom. The minimum Gasteiger partial charge on any atom is -0.409 e. The Morgan fingerprint density at radius 3 is 2.43 bits per heavy atom. The molecule has 0 aliphatic heterocycles. The van der Waals surface area contributed by atoms with E-state index < -0.39 is 0 Å². The van der Waals surface area contributed by atoms with Crippen molar-refractivity contribution in [2.45, 2.75) is 0 Å². The molecule has 1 N–H and O–H groups in total. The molecule has 30 heavy (non-hydrogen) atoms. The van der Waals surface area contributed by atoms with Gasteiger partial charge in [-0.05, 0) is 54.7 Å². The second-order valence-electron chi connectivity index (χ2n) is 6.57. The van der Waals surface area contributed by atoms with Crippen LogP contribution >= 0.6 is 28.1 Å². The Labute approximate surface area is 184 Å². The number of aromatic nitrogens is 4. The Kier molecular flexibility index (Phi) is 4.65. The number of benzene rings is 3. The molecule has 2 heterocycles. The molecule has 0 aliphatic carbocycles. The van der Waals surface area contributed by atoms with Crippen molar-refractivity contribution in [2.24, 2.45) is 0 Å². The molecule has 6 nitrogen and oxygen atoms in total. The van der Waals surface area contributed by atoms with Gasteiger partial charge >= 0.3 is 0 Å². The van der Waals surface area contributed by atoms with E-state index in [0.717, 1.165) is 15.6 Å². The van der Waals surface area contributed by atoms with E-state index in [1.165, 1.54) is 0 Å². The highest BCUT2D eigenvalue weighted by atomic mass is 79.9. The number of halogens is 1. The number of H-pyrrole nitrogens is 1. The smallest absolute Gasteiger partial charge is 0.284 e. The summed E-state index contributed by atoms with van der Waals surface area (Å²) in [6.45, 7) is 0. The van der Waals surface area contributed by atoms with E-state index in [-0.39, 0.29) is 10.4 Å². The van der Waals surface area contributed by atoms with Crippen LogP contribution in [0.4, 0.5) is 0 Å². The Bertz CT molecular complexity index is 1490. The number of aromatic amines is 1. The molecule has 146 valence electrons. The molecular formula is C22H13BrN4O2S. The van der Waals surface area contributed by atoms with Crippen LogP contribution in [0.25, 0.3) is 39.4 Å². The average molecular weight is 477 g/mol. The topological polar surface area (TPSA) is 76.7 Å². The quantitative estimate of drug-likeness (QED) is 0.346. The van der Waals surface area contributed by atoms with Crippen LogP contribution in [0.2, 0.25) is 0 Å². The van der Waals surface area contributed by atoms with Gasteiger partial charge in [0.25, 0.3) is 10.4 Å². The van der Waals surface area contributed by atoms with Crippen molar-refractivity contribution in [3.63, 3.8) is 0 Å². The summed E-state index contributed by atoms with van der Waals surface area (Å²) in [6, 6.07) is 22.5. The largest absolute Gasteiger partial charge is 0.409 e. The van der Waals surface area contributed by atoms with Gasteiger partial charge in [0.05, 0.1) is 16.6 Å². The van der Waals surface area contributed by atoms with E-state index in [0.29, 0.717) is 28.3 Å². The van der Waals surface area contributed by atoms with Crippen molar-refractivity contribution in [1.29, 1.82) is 0 Å². The number of fused-ring (bicyclic) bond motifs is 1. The molecule has 0 spiro atoms. The third kappa shape index (κ3) is 3.30. The summed E-state index contributed by atoms with van der Waals surface area (Å²) in [5.41, 5.74) is 2.78. The Balaban J connectivity index is 1.75. The maximum absolute atomic E-state index is 13.5. The molecule has 5 rings (SSSR count). The van der Waals surface area contributed by atoms with E-state index in [1.807, 2.05) is 66.7 Å². The fourth-order valence-electron chi connectivity index (χ4n) is 3.28. The molecule has 5 aromatic rings. The summed E-state index contributed by atoms with van der Waals surface area (Å²) in [7, 11) is 0. The number of hydrogen-bond acceptors (Lipinski definition) is 5. The van der Waals surface area contributed by atoms with Gasteiger partial charge in [0, 0.05) is 15.6 Å². The van der Waals surface area contributed by atoms with E-state index in [9.17, 15) is 4.79 Å². The van der Waals surface area contributed by atoms with E-state index >= 15 is 0 Å². The zero-order chi connectivity index (χ0) is 20.7. The molecule has 8 heteroatoms. The maximum atomic E-state index is 13.5. The second-order valence-corrected chi connectivity index (χ2v) is 7.86. The summed E-state index contributed by atoms with van der Waals surface area (Å²) in [5.74, 6) is 0.961. The first-order valence-electron chi connectivity index (χ1n) is 9.04. The van der Waals surface area contributed by atoms with Crippen LogP contribution in [0, 0.1) is 4.84 Å². The molecular weight excluding hydrogens is 464 g/mol. The van der Waals surface area contributed by atoms with Gasteiger partial charge in [-0.1, -0.05) is 46.3 Å². The Morgan fingerprint density at radius 2 is 1.73 bits per heavy atom. The molecule has 0 aliphatic rings. The first-order chi connectivity index (χ1) is 14.6. The molecule has 0 radical (unpaired) electrons. The zero-order valence-electron chi connectivity index (χ0n) is 15.4. The van der Waals surface area contributed by atoms with Crippen LogP contribution < -0.4 is 5.56 Å². The van der Waals surface area contributed by atoms with Crippen LogP contribution in [0.5, 0.6) is 0 Å². The average Bonchev–Trinajstić information content (AvgIpc) is 3.21. The van der Waals surface area contributed by atoms with Gasteiger partial charge in [0.1, 0.15) is 5.82 Å². The number of rotatable bonds is 3. The lowest BCUT2D eigenvalue weighted by molar-refractivity contribution is 0.552. The fourth-order valence-corrected chi connectivity index (χ4v) is 3.77. The summed E-state index contributed by atoms with van der Waals surface area (Å²) >= 11 is 8.38. The number of nitrogens with zero attached hydrogens (tertiary/aromatic N) is 3. The monoisotopic (exact) mass is 476 g/mol. The lowest BCUT2D eigenvalue weighted by Crippen LogP contribution is -2.22. The predicted molar refractivity (Wildman–Crippen MR) is 121 cm³/mol.